The monoisotopic (exact) mass is 476 g/mol. The quantitative estimate of drug-likeness (QED) is 0.322. The Balaban J connectivity index is 0.00000196. The number of hydrogen-bond acceptors (Lipinski definition) is 3. The van der Waals surface area contributed by atoms with E-state index in [1.165, 1.54) is 24.0 Å². The van der Waals surface area contributed by atoms with E-state index in [9.17, 15) is 0 Å². The maximum atomic E-state index is 6.03. The zero-order valence-electron chi connectivity index (χ0n) is 14.3. The topological polar surface area (TPSA) is 63.3 Å². The van der Waals surface area contributed by atoms with E-state index in [0.29, 0.717) is 12.5 Å². The summed E-state index contributed by atoms with van der Waals surface area (Å²) in [6.07, 6.45) is 3.59. The van der Waals surface area contributed by atoms with Crippen LogP contribution in [0.1, 0.15) is 23.2 Å². The van der Waals surface area contributed by atoms with E-state index >= 15 is 0 Å². The number of benzene rings is 2. The van der Waals surface area contributed by atoms with Crippen LogP contribution in [0.5, 0.6) is 0 Å². The number of nitrogens with one attached hydrogen (secondary N) is 1. The lowest BCUT2D eigenvalue weighted by Crippen LogP contribution is -2.22. The second-order valence-electron chi connectivity index (χ2n) is 6.17. The highest BCUT2D eigenvalue weighted by molar-refractivity contribution is 14.0. The van der Waals surface area contributed by atoms with Gasteiger partial charge in [0.25, 0.3) is 0 Å². The minimum Gasteiger partial charge on any atom is -0.370 e. The second kappa shape index (κ2) is 8.64. The molecule has 0 saturated carbocycles. The van der Waals surface area contributed by atoms with Gasteiger partial charge in [-0.2, -0.15) is 0 Å². The molecule has 3 aromatic rings. The van der Waals surface area contributed by atoms with Crippen molar-refractivity contribution in [1.29, 1.82) is 0 Å². The van der Waals surface area contributed by atoms with Crippen LogP contribution >= 0.6 is 35.3 Å². The molecule has 0 spiro atoms. The molecule has 3 N–H and O–H groups in total. The predicted octanol–water partition coefficient (Wildman–Crippen LogP) is 4.84. The van der Waals surface area contributed by atoms with Gasteiger partial charge in [-0.3, -0.25) is 0 Å². The lowest BCUT2D eigenvalue weighted by atomic mass is 10.1. The third-order valence-corrected chi connectivity index (χ3v) is 5.29. The maximum Gasteiger partial charge on any atom is 0.193 e. The van der Waals surface area contributed by atoms with Gasteiger partial charge in [-0.15, -0.1) is 35.3 Å². The van der Waals surface area contributed by atoms with Gasteiger partial charge in [0.15, 0.2) is 5.96 Å². The molecular weight excluding hydrogens is 455 g/mol. The molecule has 1 heterocycles. The van der Waals surface area contributed by atoms with Gasteiger partial charge in [-0.1, -0.05) is 36.4 Å². The fraction of sp³-hybridized carbons (Fsp3) is 0.200. The number of anilines is 1. The number of aromatic nitrogens is 1. The molecule has 4 nitrogen and oxygen atoms in total. The van der Waals surface area contributed by atoms with E-state index < -0.39 is 0 Å². The first kappa shape index (κ1) is 18.8. The average Bonchev–Trinajstić information content (AvgIpc) is 3.30. The lowest BCUT2D eigenvalue weighted by Gasteiger charge is -2.07. The van der Waals surface area contributed by atoms with Crippen molar-refractivity contribution in [3.63, 3.8) is 0 Å². The Kier molecular flexibility index (Phi) is 6.26. The summed E-state index contributed by atoms with van der Waals surface area (Å²) in [6.45, 7) is 0.479. The summed E-state index contributed by atoms with van der Waals surface area (Å²) < 4.78 is 0. The first-order valence-corrected chi connectivity index (χ1v) is 9.34. The SMILES string of the molecule is I.NC(=NCc1csc(-c2ccccc2)n1)Nc1ccc2c(c1)CCC2. The van der Waals surface area contributed by atoms with Crippen LogP contribution in [0.25, 0.3) is 10.6 Å². The molecule has 1 aliphatic carbocycles. The number of nitrogens with zero attached hydrogens (tertiary/aromatic N) is 2. The predicted molar refractivity (Wildman–Crippen MR) is 120 cm³/mol. The number of hydrogen-bond donors (Lipinski definition) is 2. The Bertz CT molecular complexity index is 905. The third kappa shape index (κ3) is 4.42. The molecule has 0 bridgehead atoms. The fourth-order valence-corrected chi connectivity index (χ4v) is 3.91. The van der Waals surface area contributed by atoms with Gasteiger partial charge in [-0.05, 0) is 42.5 Å². The molecule has 2 aromatic carbocycles. The molecule has 6 heteroatoms. The first-order valence-electron chi connectivity index (χ1n) is 8.46. The largest absolute Gasteiger partial charge is 0.370 e. The van der Waals surface area contributed by atoms with Crippen molar-refractivity contribution >= 4 is 47.0 Å². The molecule has 0 atom stereocenters. The van der Waals surface area contributed by atoms with Gasteiger partial charge in [0.2, 0.25) is 0 Å². The first-order chi connectivity index (χ1) is 12.3. The molecular formula is C20H21IN4S. The molecule has 1 aromatic heterocycles. The van der Waals surface area contributed by atoms with Crippen LogP contribution in [0.15, 0.2) is 58.9 Å². The van der Waals surface area contributed by atoms with Gasteiger partial charge >= 0.3 is 0 Å². The van der Waals surface area contributed by atoms with Crippen LogP contribution in [0.3, 0.4) is 0 Å². The maximum absolute atomic E-state index is 6.03. The number of thiazole rings is 1. The zero-order valence-corrected chi connectivity index (χ0v) is 17.5. The van der Waals surface area contributed by atoms with Crippen LogP contribution < -0.4 is 11.1 Å². The number of nitrogens with two attached hydrogens (primary N) is 1. The summed E-state index contributed by atoms with van der Waals surface area (Å²) in [4.78, 5) is 9.05. The zero-order chi connectivity index (χ0) is 17.1. The van der Waals surface area contributed by atoms with Crippen molar-refractivity contribution in [1.82, 2.24) is 4.98 Å². The van der Waals surface area contributed by atoms with Crippen molar-refractivity contribution < 1.29 is 0 Å². The summed E-state index contributed by atoms with van der Waals surface area (Å²) in [6, 6.07) is 16.6. The summed E-state index contributed by atoms with van der Waals surface area (Å²) in [5.74, 6) is 0.423. The van der Waals surface area contributed by atoms with E-state index in [4.69, 9.17) is 5.73 Å². The van der Waals surface area contributed by atoms with Gasteiger partial charge in [0.05, 0.1) is 12.2 Å². The normalized spacial score (nSPS) is 13.2. The van der Waals surface area contributed by atoms with Crippen LogP contribution in [0.2, 0.25) is 0 Å². The molecule has 0 saturated heterocycles. The Labute approximate surface area is 174 Å². The number of aliphatic imine (C=N–C) groups is 1. The van der Waals surface area contributed by atoms with Gasteiger partial charge < -0.3 is 11.1 Å². The lowest BCUT2D eigenvalue weighted by molar-refractivity contribution is 0.912. The Morgan fingerprint density at radius 1 is 1.12 bits per heavy atom. The molecule has 26 heavy (non-hydrogen) atoms. The van der Waals surface area contributed by atoms with Crippen molar-refractivity contribution in [2.24, 2.45) is 10.7 Å². The number of halogens is 1. The Morgan fingerprint density at radius 3 is 2.77 bits per heavy atom. The van der Waals surface area contributed by atoms with Crippen LogP contribution in [-0.2, 0) is 19.4 Å². The minimum absolute atomic E-state index is 0. The second-order valence-corrected chi connectivity index (χ2v) is 7.03. The molecule has 0 fully saturated rings. The molecule has 0 aliphatic heterocycles. The van der Waals surface area contributed by atoms with E-state index in [0.717, 1.165) is 28.4 Å². The Hall–Kier alpha value is -1.93. The number of guanidine groups is 1. The summed E-state index contributed by atoms with van der Waals surface area (Å²) >= 11 is 1.63. The summed E-state index contributed by atoms with van der Waals surface area (Å²) in [5, 5.41) is 6.23. The van der Waals surface area contributed by atoms with Gasteiger partial charge in [0.1, 0.15) is 5.01 Å². The van der Waals surface area contributed by atoms with Crippen molar-refractivity contribution in [3.8, 4) is 10.6 Å². The smallest absolute Gasteiger partial charge is 0.193 e. The highest BCUT2D eigenvalue weighted by atomic mass is 127. The van der Waals surface area contributed by atoms with Crippen LogP contribution in [0.4, 0.5) is 5.69 Å². The summed E-state index contributed by atoms with van der Waals surface area (Å²) in [7, 11) is 0. The highest BCUT2D eigenvalue weighted by Gasteiger charge is 2.11. The van der Waals surface area contributed by atoms with Crippen LogP contribution in [-0.4, -0.2) is 10.9 Å². The molecule has 4 rings (SSSR count). The standard InChI is InChI=1S/C20H20N4S.HI/c21-20(24-17-10-9-14-7-4-8-16(14)11-17)22-12-18-13-25-19(23-18)15-5-2-1-3-6-15;/h1-3,5-6,9-11,13H,4,7-8,12H2,(H3,21,22,24);1H. The van der Waals surface area contributed by atoms with E-state index in [1.54, 1.807) is 11.3 Å². The molecule has 1 aliphatic rings. The van der Waals surface area contributed by atoms with Crippen molar-refractivity contribution in [2.75, 3.05) is 5.32 Å². The van der Waals surface area contributed by atoms with E-state index in [-0.39, 0.29) is 24.0 Å². The fourth-order valence-electron chi connectivity index (χ4n) is 3.10. The van der Waals surface area contributed by atoms with Gasteiger partial charge in [0, 0.05) is 16.6 Å². The number of aryl methyl sites for hydroxylation is 2. The average molecular weight is 476 g/mol. The van der Waals surface area contributed by atoms with E-state index in [2.05, 4.69) is 45.6 Å². The third-order valence-electron chi connectivity index (χ3n) is 4.35. The Morgan fingerprint density at radius 2 is 1.92 bits per heavy atom. The van der Waals surface area contributed by atoms with Crippen LogP contribution in [0, 0.1) is 0 Å². The highest BCUT2D eigenvalue weighted by Crippen LogP contribution is 2.25. The summed E-state index contributed by atoms with van der Waals surface area (Å²) in [5.41, 5.74) is 12.0. The molecule has 134 valence electrons. The van der Waals surface area contributed by atoms with E-state index in [1.807, 2.05) is 23.6 Å². The number of fused-ring (bicyclic) bond motifs is 1. The van der Waals surface area contributed by atoms with Gasteiger partial charge in [-0.25, -0.2) is 9.98 Å². The molecule has 0 unspecified atom stereocenters. The minimum atomic E-state index is 0. The molecule has 0 amide bonds. The van der Waals surface area contributed by atoms with Crippen molar-refractivity contribution in [2.45, 2.75) is 25.8 Å². The van der Waals surface area contributed by atoms with Crippen molar-refractivity contribution in [3.05, 3.63) is 70.7 Å². The number of rotatable bonds is 4. The molecule has 0 radical (unpaired) electrons.